The number of imidazole rings is 1. The van der Waals surface area contributed by atoms with Crippen LogP contribution in [0.1, 0.15) is 12.8 Å². The summed E-state index contributed by atoms with van der Waals surface area (Å²) >= 11 is 0. The van der Waals surface area contributed by atoms with Crippen molar-refractivity contribution >= 4 is 17.3 Å². The summed E-state index contributed by atoms with van der Waals surface area (Å²) < 4.78 is 1.88. The van der Waals surface area contributed by atoms with Gasteiger partial charge >= 0.3 is 0 Å². The first-order valence-electron chi connectivity index (χ1n) is 8.36. The number of nitrogens with two attached hydrogens (primary N) is 1. The molecular weight excluding hydrogens is 302 g/mol. The molecule has 3 aromatic rings. The molecule has 1 aliphatic heterocycles. The molecule has 4 heterocycles. The Bertz CT molecular complexity index is 836. The van der Waals surface area contributed by atoms with Crippen molar-refractivity contribution in [3.63, 3.8) is 0 Å². The number of nitrogens with zero attached hydrogens (tertiary/aromatic N) is 5. The Hall–Kier alpha value is -2.67. The molecule has 0 spiro atoms. The van der Waals surface area contributed by atoms with E-state index in [4.69, 9.17) is 10.8 Å². The van der Waals surface area contributed by atoms with Crippen LogP contribution in [0, 0.1) is 0 Å². The third kappa shape index (κ3) is 2.78. The zero-order chi connectivity index (χ0) is 16.4. The highest BCUT2D eigenvalue weighted by molar-refractivity contribution is 5.62. The maximum atomic E-state index is 5.54. The predicted octanol–water partition coefficient (Wildman–Crippen LogP) is 1.76. The van der Waals surface area contributed by atoms with Crippen molar-refractivity contribution in [3.8, 4) is 11.4 Å². The van der Waals surface area contributed by atoms with Gasteiger partial charge in [-0.3, -0.25) is 0 Å². The third-order valence-corrected chi connectivity index (χ3v) is 4.24. The minimum absolute atomic E-state index is 0.572. The molecule has 0 unspecified atom stereocenters. The third-order valence-electron chi connectivity index (χ3n) is 4.24. The second-order valence-electron chi connectivity index (χ2n) is 5.92. The summed E-state index contributed by atoms with van der Waals surface area (Å²) in [6.07, 6.45) is 4.28. The van der Waals surface area contributed by atoms with Crippen LogP contribution < -0.4 is 16.0 Å². The molecule has 124 valence electrons. The summed E-state index contributed by atoms with van der Waals surface area (Å²) in [5.74, 6) is 1.81. The summed E-state index contributed by atoms with van der Waals surface area (Å²) in [6.45, 7) is 3.40. The first kappa shape index (κ1) is 14.9. The van der Waals surface area contributed by atoms with Gasteiger partial charge in [-0.15, -0.1) is 5.10 Å². The quantitative estimate of drug-likeness (QED) is 0.744. The van der Waals surface area contributed by atoms with E-state index in [9.17, 15) is 0 Å². The highest BCUT2D eigenvalue weighted by Crippen LogP contribution is 2.23. The van der Waals surface area contributed by atoms with Crippen molar-refractivity contribution < 1.29 is 0 Å². The van der Waals surface area contributed by atoms with E-state index >= 15 is 0 Å². The molecule has 0 aromatic carbocycles. The van der Waals surface area contributed by atoms with Crippen molar-refractivity contribution in [2.45, 2.75) is 12.8 Å². The van der Waals surface area contributed by atoms with Gasteiger partial charge in [-0.25, -0.2) is 14.5 Å². The fraction of sp³-hybridized carbons (Fsp3) is 0.353. The first-order chi connectivity index (χ1) is 11.8. The molecule has 1 saturated heterocycles. The van der Waals surface area contributed by atoms with Crippen LogP contribution in [0.15, 0.2) is 36.5 Å². The standard InChI is InChI=1S/C17H21N7/c18-8-9-19-15-5-3-4-13(21-15)14-12-20-16-6-7-17(22-24(14)16)23-10-1-2-11-23/h3-7,12H,1-2,8-11,18H2,(H,19,21). The molecule has 0 saturated carbocycles. The number of fused-ring (bicyclic) bond motifs is 1. The smallest absolute Gasteiger partial charge is 0.154 e. The molecule has 3 N–H and O–H groups in total. The number of pyridine rings is 1. The molecule has 0 bridgehead atoms. The van der Waals surface area contributed by atoms with Crippen LogP contribution in [0.5, 0.6) is 0 Å². The van der Waals surface area contributed by atoms with E-state index in [1.54, 1.807) is 0 Å². The van der Waals surface area contributed by atoms with E-state index < -0.39 is 0 Å². The monoisotopic (exact) mass is 323 g/mol. The van der Waals surface area contributed by atoms with E-state index in [-0.39, 0.29) is 0 Å². The maximum Gasteiger partial charge on any atom is 0.154 e. The van der Waals surface area contributed by atoms with Gasteiger partial charge in [0, 0.05) is 26.2 Å². The fourth-order valence-corrected chi connectivity index (χ4v) is 3.03. The molecule has 0 radical (unpaired) electrons. The van der Waals surface area contributed by atoms with Crippen molar-refractivity contribution in [2.75, 3.05) is 36.4 Å². The van der Waals surface area contributed by atoms with Gasteiger partial charge in [-0.1, -0.05) is 6.07 Å². The van der Waals surface area contributed by atoms with Crippen molar-refractivity contribution in [3.05, 3.63) is 36.5 Å². The summed E-state index contributed by atoms with van der Waals surface area (Å²) in [6, 6.07) is 9.95. The van der Waals surface area contributed by atoms with Gasteiger partial charge in [-0.2, -0.15) is 0 Å². The Morgan fingerprint density at radius 1 is 1.12 bits per heavy atom. The van der Waals surface area contributed by atoms with Gasteiger partial charge in [0.25, 0.3) is 0 Å². The van der Waals surface area contributed by atoms with Gasteiger partial charge in [0.15, 0.2) is 5.65 Å². The van der Waals surface area contributed by atoms with Crippen LogP contribution in [0.4, 0.5) is 11.6 Å². The van der Waals surface area contributed by atoms with Crippen LogP contribution in [-0.4, -0.2) is 45.8 Å². The molecule has 4 rings (SSSR count). The summed E-state index contributed by atoms with van der Waals surface area (Å²) in [5.41, 5.74) is 8.10. The molecule has 3 aromatic heterocycles. The lowest BCUT2D eigenvalue weighted by molar-refractivity contribution is 0.861. The molecule has 1 fully saturated rings. The molecule has 0 amide bonds. The number of hydrogen-bond donors (Lipinski definition) is 2. The zero-order valence-electron chi connectivity index (χ0n) is 13.5. The molecule has 7 nitrogen and oxygen atoms in total. The van der Waals surface area contributed by atoms with Crippen molar-refractivity contribution in [1.29, 1.82) is 0 Å². The maximum absolute atomic E-state index is 5.54. The van der Waals surface area contributed by atoms with Crippen LogP contribution >= 0.6 is 0 Å². The van der Waals surface area contributed by atoms with Crippen LogP contribution in [0.3, 0.4) is 0 Å². The lowest BCUT2D eigenvalue weighted by atomic mass is 10.3. The number of aromatic nitrogens is 4. The average molecular weight is 323 g/mol. The lowest BCUT2D eigenvalue weighted by Gasteiger charge is -2.16. The van der Waals surface area contributed by atoms with E-state index in [2.05, 4.69) is 20.2 Å². The van der Waals surface area contributed by atoms with Crippen molar-refractivity contribution in [2.24, 2.45) is 5.73 Å². The van der Waals surface area contributed by atoms with Crippen LogP contribution in [-0.2, 0) is 0 Å². The molecule has 0 atom stereocenters. The number of anilines is 2. The number of rotatable bonds is 5. The zero-order valence-corrected chi connectivity index (χ0v) is 13.5. The summed E-state index contributed by atoms with van der Waals surface area (Å²) in [7, 11) is 0. The summed E-state index contributed by atoms with van der Waals surface area (Å²) in [5, 5.41) is 7.99. The van der Waals surface area contributed by atoms with Gasteiger partial charge in [0.2, 0.25) is 0 Å². The Morgan fingerprint density at radius 3 is 2.83 bits per heavy atom. The van der Waals surface area contributed by atoms with Crippen molar-refractivity contribution in [1.82, 2.24) is 19.6 Å². The van der Waals surface area contributed by atoms with Crippen LogP contribution in [0.25, 0.3) is 17.0 Å². The Labute approximate surface area is 140 Å². The molecule has 1 aliphatic rings. The highest BCUT2D eigenvalue weighted by atomic mass is 15.3. The second kappa shape index (κ2) is 6.45. The Balaban J connectivity index is 1.72. The number of nitrogens with one attached hydrogen (secondary N) is 1. The van der Waals surface area contributed by atoms with Gasteiger partial charge in [0.1, 0.15) is 17.3 Å². The van der Waals surface area contributed by atoms with E-state index in [0.717, 1.165) is 41.8 Å². The number of hydrogen-bond acceptors (Lipinski definition) is 6. The molecule has 0 aliphatic carbocycles. The minimum atomic E-state index is 0.572. The second-order valence-corrected chi connectivity index (χ2v) is 5.92. The predicted molar refractivity (Wildman–Crippen MR) is 95.2 cm³/mol. The highest BCUT2D eigenvalue weighted by Gasteiger charge is 2.16. The van der Waals surface area contributed by atoms with Crippen LogP contribution in [0.2, 0.25) is 0 Å². The molecule has 24 heavy (non-hydrogen) atoms. The van der Waals surface area contributed by atoms with E-state index in [0.29, 0.717) is 13.1 Å². The minimum Gasteiger partial charge on any atom is -0.369 e. The Morgan fingerprint density at radius 2 is 2.00 bits per heavy atom. The van der Waals surface area contributed by atoms with E-state index in [1.165, 1.54) is 12.8 Å². The fourth-order valence-electron chi connectivity index (χ4n) is 3.03. The SMILES string of the molecule is NCCNc1cccc(-c2cnc3ccc(N4CCCC4)nn23)n1. The first-order valence-corrected chi connectivity index (χ1v) is 8.36. The average Bonchev–Trinajstić information content (AvgIpc) is 3.29. The Kier molecular flexibility index (Phi) is 4.00. The topological polar surface area (TPSA) is 84.4 Å². The largest absolute Gasteiger partial charge is 0.369 e. The lowest BCUT2D eigenvalue weighted by Crippen LogP contribution is -2.19. The van der Waals surface area contributed by atoms with Gasteiger partial charge in [-0.05, 0) is 37.1 Å². The summed E-state index contributed by atoms with van der Waals surface area (Å²) in [4.78, 5) is 11.4. The van der Waals surface area contributed by atoms with Gasteiger partial charge < -0.3 is 16.0 Å². The molecular formula is C17H21N7. The molecule has 7 heteroatoms. The van der Waals surface area contributed by atoms with Gasteiger partial charge in [0.05, 0.1) is 11.9 Å². The normalized spacial score (nSPS) is 14.5. The van der Waals surface area contributed by atoms with E-state index in [1.807, 2.05) is 41.0 Å².